The van der Waals surface area contributed by atoms with Crippen LogP contribution in [-0.4, -0.2) is 24.5 Å². The summed E-state index contributed by atoms with van der Waals surface area (Å²) in [5.41, 5.74) is 7.57. The van der Waals surface area contributed by atoms with Crippen molar-refractivity contribution in [2.75, 3.05) is 17.2 Å². The zero-order valence-electron chi connectivity index (χ0n) is 11.6. The summed E-state index contributed by atoms with van der Waals surface area (Å²) in [4.78, 5) is 14.1. The molecule has 0 spiro atoms. The quantitative estimate of drug-likeness (QED) is 0.785. The number of hydrogen-bond donors (Lipinski definition) is 2. The van der Waals surface area contributed by atoms with E-state index in [1.54, 1.807) is 0 Å². The van der Waals surface area contributed by atoms with Gasteiger partial charge in [-0.1, -0.05) is 12.1 Å². The van der Waals surface area contributed by atoms with Crippen LogP contribution in [0.15, 0.2) is 24.3 Å². The second kappa shape index (κ2) is 6.28. The smallest absolute Gasteiger partial charge is 0.242 e. The van der Waals surface area contributed by atoms with Crippen LogP contribution in [0, 0.1) is 0 Å². The zero-order valence-corrected chi connectivity index (χ0v) is 11.6. The highest BCUT2D eigenvalue weighted by molar-refractivity contribution is 5.86. The number of likely N-dealkylation sites (N-methyl/N-ethyl adjacent to an activating group) is 1. The minimum Gasteiger partial charge on any atom is -0.397 e. The fourth-order valence-electron chi connectivity index (χ4n) is 1.95. The fraction of sp³-hybridized carbons (Fsp3) is 0.500. The number of hydrogen-bond acceptors (Lipinski definition) is 3. The van der Waals surface area contributed by atoms with Crippen molar-refractivity contribution in [3.63, 3.8) is 0 Å². The van der Waals surface area contributed by atoms with Gasteiger partial charge in [-0.05, 0) is 39.8 Å². The van der Waals surface area contributed by atoms with Crippen LogP contribution in [0.1, 0.15) is 27.7 Å². The number of benzene rings is 1. The monoisotopic (exact) mass is 249 g/mol. The molecule has 1 atom stereocenters. The molecule has 0 aliphatic carbocycles. The third-order valence-electron chi connectivity index (χ3n) is 2.86. The molecule has 1 amide bonds. The second-order valence-corrected chi connectivity index (χ2v) is 4.68. The first kappa shape index (κ1) is 14.4. The van der Waals surface area contributed by atoms with Crippen molar-refractivity contribution in [2.24, 2.45) is 0 Å². The van der Waals surface area contributed by atoms with Crippen LogP contribution >= 0.6 is 0 Å². The standard InChI is InChI=1S/C14H23N3O/c1-5-17(11(4)14(18)16-10(2)3)13-9-7-6-8-12(13)15/h6-11H,5,15H2,1-4H3,(H,16,18). The van der Waals surface area contributed by atoms with E-state index in [4.69, 9.17) is 5.73 Å². The van der Waals surface area contributed by atoms with Crippen LogP contribution in [0.5, 0.6) is 0 Å². The van der Waals surface area contributed by atoms with E-state index in [1.165, 1.54) is 0 Å². The Hall–Kier alpha value is -1.71. The molecular formula is C14H23N3O. The Morgan fingerprint density at radius 1 is 1.33 bits per heavy atom. The fourth-order valence-corrected chi connectivity index (χ4v) is 1.95. The Labute approximate surface area is 109 Å². The molecule has 0 aliphatic rings. The van der Waals surface area contributed by atoms with Gasteiger partial charge in [-0.15, -0.1) is 0 Å². The highest BCUT2D eigenvalue weighted by Gasteiger charge is 2.21. The van der Waals surface area contributed by atoms with Crippen LogP contribution in [0.2, 0.25) is 0 Å². The molecule has 0 fully saturated rings. The molecule has 3 N–H and O–H groups in total. The molecular weight excluding hydrogens is 226 g/mol. The lowest BCUT2D eigenvalue weighted by Crippen LogP contribution is -2.47. The van der Waals surface area contributed by atoms with E-state index in [-0.39, 0.29) is 18.0 Å². The number of nitrogens with one attached hydrogen (secondary N) is 1. The van der Waals surface area contributed by atoms with Gasteiger partial charge in [-0.3, -0.25) is 4.79 Å². The Kier molecular flexibility index (Phi) is 5.01. The molecule has 18 heavy (non-hydrogen) atoms. The summed E-state index contributed by atoms with van der Waals surface area (Å²) in [6, 6.07) is 7.53. The maximum atomic E-state index is 12.0. The molecule has 1 aromatic rings. The number of carbonyl (C=O) groups excluding carboxylic acids is 1. The van der Waals surface area contributed by atoms with E-state index < -0.39 is 0 Å². The number of amides is 1. The van der Waals surface area contributed by atoms with Gasteiger partial charge in [0.25, 0.3) is 0 Å². The normalized spacial score (nSPS) is 12.3. The van der Waals surface area contributed by atoms with Gasteiger partial charge in [0.2, 0.25) is 5.91 Å². The van der Waals surface area contributed by atoms with Gasteiger partial charge in [-0.25, -0.2) is 0 Å². The zero-order chi connectivity index (χ0) is 13.7. The van der Waals surface area contributed by atoms with Crippen molar-refractivity contribution >= 4 is 17.3 Å². The Bertz CT molecular complexity index is 404. The third-order valence-corrected chi connectivity index (χ3v) is 2.86. The third kappa shape index (κ3) is 3.39. The first-order valence-corrected chi connectivity index (χ1v) is 6.38. The van der Waals surface area contributed by atoms with Gasteiger partial charge in [0.1, 0.15) is 6.04 Å². The van der Waals surface area contributed by atoms with Crippen molar-refractivity contribution in [1.29, 1.82) is 0 Å². The molecule has 1 aromatic carbocycles. The summed E-state index contributed by atoms with van der Waals surface area (Å²) < 4.78 is 0. The molecule has 1 rings (SSSR count). The van der Waals surface area contributed by atoms with E-state index in [9.17, 15) is 4.79 Å². The van der Waals surface area contributed by atoms with Crippen LogP contribution in [0.4, 0.5) is 11.4 Å². The van der Waals surface area contributed by atoms with Crippen LogP contribution in [0.25, 0.3) is 0 Å². The van der Waals surface area contributed by atoms with Crippen LogP contribution in [-0.2, 0) is 4.79 Å². The minimum absolute atomic E-state index is 0.0232. The number of para-hydroxylation sites is 2. The molecule has 4 nitrogen and oxygen atoms in total. The number of carbonyl (C=O) groups is 1. The van der Waals surface area contributed by atoms with E-state index >= 15 is 0 Å². The maximum absolute atomic E-state index is 12.0. The first-order valence-electron chi connectivity index (χ1n) is 6.38. The topological polar surface area (TPSA) is 58.4 Å². The largest absolute Gasteiger partial charge is 0.397 e. The van der Waals surface area contributed by atoms with Crippen molar-refractivity contribution in [2.45, 2.75) is 39.8 Å². The average Bonchev–Trinajstić information content (AvgIpc) is 2.31. The number of nitrogen functional groups attached to an aromatic ring is 1. The maximum Gasteiger partial charge on any atom is 0.242 e. The molecule has 0 bridgehead atoms. The molecule has 0 aliphatic heterocycles. The average molecular weight is 249 g/mol. The van der Waals surface area contributed by atoms with E-state index in [0.717, 1.165) is 12.2 Å². The van der Waals surface area contributed by atoms with Gasteiger partial charge in [0, 0.05) is 12.6 Å². The Balaban J connectivity index is 2.90. The second-order valence-electron chi connectivity index (χ2n) is 4.68. The van der Waals surface area contributed by atoms with E-state index in [2.05, 4.69) is 5.32 Å². The lowest BCUT2D eigenvalue weighted by molar-refractivity contribution is -0.122. The molecule has 4 heteroatoms. The van der Waals surface area contributed by atoms with Crippen molar-refractivity contribution in [1.82, 2.24) is 5.32 Å². The number of anilines is 2. The lowest BCUT2D eigenvalue weighted by atomic mass is 10.2. The lowest BCUT2D eigenvalue weighted by Gasteiger charge is -2.30. The molecule has 0 saturated carbocycles. The van der Waals surface area contributed by atoms with Crippen LogP contribution in [0.3, 0.4) is 0 Å². The number of nitrogens with zero attached hydrogens (tertiary/aromatic N) is 1. The first-order chi connectivity index (χ1) is 8.47. The number of nitrogens with two attached hydrogens (primary N) is 1. The Morgan fingerprint density at radius 2 is 1.94 bits per heavy atom. The highest BCUT2D eigenvalue weighted by atomic mass is 16.2. The molecule has 0 aromatic heterocycles. The van der Waals surface area contributed by atoms with E-state index in [1.807, 2.05) is 56.9 Å². The predicted molar refractivity (Wildman–Crippen MR) is 76.6 cm³/mol. The Morgan fingerprint density at radius 3 is 2.44 bits per heavy atom. The molecule has 0 heterocycles. The van der Waals surface area contributed by atoms with Crippen molar-refractivity contribution in [3.8, 4) is 0 Å². The number of rotatable bonds is 5. The van der Waals surface area contributed by atoms with Crippen molar-refractivity contribution < 1.29 is 4.79 Å². The van der Waals surface area contributed by atoms with Gasteiger partial charge >= 0.3 is 0 Å². The predicted octanol–water partition coefficient (Wildman–Crippen LogP) is 2.01. The highest BCUT2D eigenvalue weighted by Crippen LogP contribution is 2.24. The molecule has 0 saturated heterocycles. The summed E-state index contributed by atoms with van der Waals surface area (Å²) in [7, 11) is 0. The van der Waals surface area contributed by atoms with Crippen LogP contribution < -0.4 is 16.0 Å². The summed E-state index contributed by atoms with van der Waals surface area (Å²) >= 11 is 0. The summed E-state index contributed by atoms with van der Waals surface area (Å²) in [6.07, 6.45) is 0. The summed E-state index contributed by atoms with van der Waals surface area (Å²) in [6.45, 7) is 8.57. The van der Waals surface area contributed by atoms with Gasteiger partial charge in [-0.2, -0.15) is 0 Å². The molecule has 100 valence electrons. The molecule has 0 radical (unpaired) electrons. The van der Waals surface area contributed by atoms with E-state index in [0.29, 0.717) is 5.69 Å². The minimum atomic E-state index is -0.234. The van der Waals surface area contributed by atoms with Gasteiger partial charge in [0.15, 0.2) is 0 Å². The SMILES string of the molecule is CCN(c1ccccc1N)C(C)C(=O)NC(C)C. The van der Waals surface area contributed by atoms with Gasteiger partial charge < -0.3 is 16.0 Å². The summed E-state index contributed by atoms with van der Waals surface area (Å²) in [5.74, 6) is 0.0232. The molecule has 1 unspecified atom stereocenters. The summed E-state index contributed by atoms with van der Waals surface area (Å²) in [5, 5.41) is 2.93. The van der Waals surface area contributed by atoms with Gasteiger partial charge in [0.05, 0.1) is 11.4 Å². The van der Waals surface area contributed by atoms with Crippen molar-refractivity contribution in [3.05, 3.63) is 24.3 Å².